The third kappa shape index (κ3) is 3.12. The first-order valence-electron chi connectivity index (χ1n) is 10.8. The van der Waals surface area contributed by atoms with E-state index in [4.69, 9.17) is 4.98 Å². The largest absolute Gasteiger partial charge is 0.268 e. The highest BCUT2D eigenvalue weighted by Crippen LogP contribution is 2.48. The first kappa shape index (κ1) is 18.9. The summed E-state index contributed by atoms with van der Waals surface area (Å²) in [5.41, 5.74) is 4.25. The molecule has 2 aliphatic carbocycles. The van der Waals surface area contributed by atoms with Crippen molar-refractivity contribution in [1.82, 2.24) is 19.6 Å². The Bertz CT molecular complexity index is 1110. The monoisotopic (exact) mass is 408 g/mol. The molecule has 0 unspecified atom stereocenters. The van der Waals surface area contributed by atoms with Crippen LogP contribution < -0.4 is 5.56 Å². The molecule has 3 aromatic rings. The normalized spacial score (nSPS) is 17.6. The van der Waals surface area contributed by atoms with Crippen LogP contribution in [-0.4, -0.2) is 25.3 Å². The quantitative estimate of drug-likeness (QED) is 0.618. The molecule has 1 saturated carbocycles. The second-order valence-electron chi connectivity index (χ2n) is 9.01. The predicted octanol–water partition coefficient (Wildman–Crippen LogP) is 4.98. The second-order valence-corrected chi connectivity index (χ2v) is 10.1. The summed E-state index contributed by atoms with van der Waals surface area (Å²) in [5, 5.41) is 8.21. The molecule has 152 valence electrons. The summed E-state index contributed by atoms with van der Waals surface area (Å²) in [6.45, 7) is 4.44. The van der Waals surface area contributed by atoms with E-state index in [1.807, 2.05) is 6.07 Å². The van der Waals surface area contributed by atoms with Crippen molar-refractivity contribution in [3.8, 4) is 11.3 Å². The Labute approximate surface area is 175 Å². The van der Waals surface area contributed by atoms with Gasteiger partial charge in [0.2, 0.25) is 5.78 Å². The second kappa shape index (κ2) is 7.31. The van der Waals surface area contributed by atoms with Crippen molar-refractivity contribution in [3.05, 3.63) is 45.7 Å². The molecular weight excluding hydrogens is 380 g/mol. The van der Waals surface area contributed by atoms with Gasteiger partial charge in [0.15, 0.2) is 5.16 Å². The molecular formula is C23H28N4OS. The molecule has 1 aromatic carbocycles. The summed E-state index contributed by atoms with van der Waals surface area (Å²) in [6.07, 6.45) is 7.83. The van der Waals surface area contributed by atoms with Gasteiger partial charge in [0.25, 0.3) is 5.56 Å². The maximum Gasteiger partial charge on any atom is 0.265 e. The number of rotatable bonds is 4. The first-order chi connectivity index (χ1) is 14.1. The Morgan fingerprint density at radius 3 is 2.79 bits per heavy atom. The molecule has 5 rings (SSSR count). The molecule has 5 nitrogen and oxygen atoms in total. The topological polar surface area (TPSA) is 63.0 Å². The minimum absolute atomic E-state index is 0.0790. The molecule has 6 heteroatoms. The third-order valence-corrected chi connectivity index (χ3v) is 7.57. The number of hydrogen-bond acceptors (Lipinski definition) is 4. The summed E-state index contributed by atoms with van der Waals surface area (Å²) in [6, 6.07) is 8.47. The molecule has 0 saturated heterocycles. The number of nitrogens with zero attached hydrogens (tertiary/aromatic N) is 3. The van der Waals surface area contributed by atoms with Gasteiger partial charge in [-0.2, -0.15) is 0 Å². The maximum atomic E-state index is 13.9. The summed E-state index contributed by atoms with van der Waals surface area (Å²) in [5.74, 6) is 2.15. The molecule has 1 spiro atoms. The lowest BCUT2D eigenvalue weighted by Gasteiger charge is -2.41. The zero-order valence-electron chi connectivity index (χ0n) is 17.2. The van der Waals surface area contributed by atoms with Crippen LogP contribution in [0, 0.1) is 5.92 Å². The average Bonchev–Trinajstić information content (AvgIpc) is 3.12. The van der Waals surface area contributed by atoms with Crippen LogP contribution in [0.2, 0.25) is 0 Å². The van der Waals surface area contributed by atoms with E-state index in [1.165, 1.54) is 24.8 Å². The highest BCUT2D eigenvalue weighted by Gasteiger charge is 2.43. The van der Waals surface area contributed by atoms with Gasteiger partial charge < -0.3 is 0 Å². The van der Waals surface area contributed by atoms with Crippen LogP contribution >= 0.6 is 11.8 Å². The van der Waals surface area contributed by atoms with Crippen LogP contribution in [0.5, 0.6) is 0 Å². The van der Waals surface area contributed by atoms with Crippen molar-refractivity contribution < 1.29 is 0 Å². The van der Waals surface area contributed by atoms with Crippen LogP contribution in [0.25, 0.3) is 17.0 Å². The van der Waals surface area contributed by atoms with Crippen LogP contribution in [0.15, 0.2) is 34.2 Å². The maximum absolute atomic E-state index is 13.9. The number of aromatic amines is 1. The average molecular weight is 409 g/mol. The first-order valence-corrected chi connectivity index (χ1v) is 11.8. The van der Waals surface area contributed by atoms with Gasteiger partial charge in [0.05, 0.1) is 11.3 Å². The zero-order chi connectivity index (χ0) is 20.0. The number of benzene rings is 1. The smallest absolute Gasteiger partial charge is 0.265 e. The Kier molecular flexibility index (Phi) is 4.77. The molecule has 0 radical (unpaired) electrons. The Morgan fingerprint density at radius 1 is 1.21 bits per heavy atom. The lowest BCUT2D eigenvalue weighted by Crippen LogP contribution is -2.41. The number of fused-ring (bicyclic) bond motifs is 5. The molecule has 0 aliphatic heterocycles. The van der Waals surface area contributed by atoms with Crippen LogP contribution in [0.1, 0.15) is 63.5 Å². The fraction of sp³-hybridized carbons (Fsp3) is 0.522. The van der Waals surface area contributed by atoms with E-state index in [0.717, 1.165) is 53.4 Å². The molecule has 2 aromatic heterocycles. The molecule has 0 amide bonds. The van der Waals surface area contributed by atoms with E-state index in [9.17, 15) is 4.79 Å². The lowest BCUT2D eigenvalue weighted by atomic mass is 9.62. The fourth-order valence-corrected chi connectivity index (χ4v) is 6.27. The van der Waals surface area contributed by atoms with E-state index in [-0.39, 0.29) is 11.0 Å². The van der Waals surface area contributed by atoms with Gasteiger partial charge in [0.1, 0.15) is 0 Å². The van der Waals surface area contributed by atoms with Crippen LogP contribution in [0.4, 0.5) is 0 Å². The predicted molar refractivity (Wildman–Crippen MR) is 118 cm³/mol. The number of H-pyrrole nitrogens is 1. The van der Waals surface area contributed by atoms with Crippen LogP contribution in [-0.2, 0) is 11.8 Å². The van der Waals surface area contributed by atoms with E-state index in [2.05, 4.69) is 42.2 Å². The molecule has 2 aliphatic rings. The van der Waals surface area contributed by atoms with Crippen molar-refractivity contribution in [2.45, 2.75) is 69.4 Å². The minimum atomic E-state index is -0.0790. The SMILES string of the molecule is CC(C)CCSc1n[nH]c2nc3c(c(=O)n12)C1(CCCCC1)Cc1ccccc1-3. The molecule has 1 fully saturated rings. The van der Waals surface area contributed by atoms with Crippen molar-refractivity contribution in [1.29, 1.82) is 0 Å². The van der Waals surface area contributed by atoms with Crippen molar-refractivity contribution in [3.63, 3.8) is 0 Å². The summed E-state index contributed by atoms with van der Waals surface area (Å²) in [4.78, 5) is 18.8. The standard InChI is InChI=1S/C23H28N4OS/c1-15(2)10-13-29-22-26-25-21-24-19-17-9-5-4-8-16(17)14-23(11-6-3-7-12-23)18(19)20(28)27(21)22/h4-5,8-9,15H,3,6-7,10-14H2,1-2H3,(H,24,25). The van der Waals surface area contributed by atoms with Crippen molar-refractivity contribution >= 4 is 17.5 Å². The summed E-state index contributed by atoms with van der Waals surface area (Å²) < 4.78 is 1.73. The van der Waals surface area contributed by atoms with Gasteiger partial charge >= 0.3 is 0 Å². The molecule has 2 heterocycles. The Hall–Kier alpha value is -2.08. The van der Waals surface area contributed by atoms with Gasteiger partial charge in [0, 0.05) is 16.7 Å². The summed E-state index contributed by atoms with van der Waals surface area (Å²) in [7, 11) is 0. The van der Waals surface area contributed by atoms with E-state index >= 15 is 0 Å². The number of aromatic nitrogens is 4. The van der Waals surface area contributed by atoms with Gasteiger partial charge in [-0.05, 0) is 37.2 Å². The zero-order valence-corrected chi connectivity index (χ0v) is 18.0. The van der Waals surface area contributed by atoms with E-state index < -0.39 is 0 Å². The van der Waals surface area contributed by atoms with Crippen LogP contribution in [0.3, 0.4) is 0 Å². The molecule has 29 heavy (non-hydrogen) atoms. The van der Waals surface area contributed by atoms with Crippen molar-refractivity contribution in [2.24, 2.45) is 5.92 Å². The molecule has 1 N–H and O–H groups in total. The van der Waals surface area contributed by atoms with Gasteiger partial charge in [-0.1, -0.05) is 69.1 Å². The Morgan fingerprint density at radius 2 is 2.00 bits per heavy atom. The molecule has 0 atom stereocenters. The lowest BCUT2D eigenvalue weighted by molar-refractivity contribution is 0.284. The molecule has 0 bridgehead atoms. The fourth-order valence-electron chi connectivity index (χ4n) is 5.09. The van der Waals surface area contributed by atoms with Gasteiger partial charge in [-0.25, -0.2) is 14.5 Å². The Balaban J connectivity index is 1.70. The number of hydrogen-bond donors (Lipinski definition) is 1. The van der Waals surface area contributed by atoms with Crippen molar-refractivity contribution in [2.75, 3.05) is 5.75 Å². The summed E-state index contributed by atoms with van der Waals surface area (Å²) >= 11 is 1.65. The highest BCUT2D eigenvalue weighted by atomic mass is 32.2. The highest BCUT2D eigenvalue weighted by molar-refractivity contribution is 7.99. The van der Waals surface area contributed by atoms with E-state index in [1.54, 1.807) is 16.2 Å². The minimum Gasteiger partial charge on any atom is -0.268 e. The number of thioether (sulfide) groups is 1. The van der Waals surface area contributed by atoms with Gasteiger partial charge in [-0.3, -0.25) is 4.79 Å². The third-order valence-electron chi connectivity index (χ3n) is 6.59. The number of nitrogens with one attached hydrogen (secondary N) is 1. The van der Waals surface area contributed by atoms with Gasteiger partial charge in [-0.15, -0.1) is 5.10 Å². The van der Waals surface area contributed by atoms with E-state index in [0.29, 0.717) is 11.7 Å².